The first-order valence-corrected chi connectivity index (χ1v) is 8.41. The summed E-state index contributed by atoms with van der Waals surface area (Å²) in [5.41, 5.74) is 2.42. The van der Waals surface area contributed by atoms with Crippen molar-refractivity contribution in [2.45, 2.75) is 18.6 Å². The summed E-state index contributed by atoms with van der Waals surface area (Å²) >= 11 is 1.36. The number of hydrogen-bond acceptors (Lipinski definition) is 7. The molecule has 0 unspecified atom stereocenters. The number of ether oxygens (including phenoxy) is 1. The minimum atomic E-state index is -3.96. The molecule has 19 heavy (non-hydrogen) atoms. The highest BCUT2D eigenvalue weighted by Gasteiger charge is 2.24. The average molecular weight is 323 g/mol. The molecular weight excluding hydrogens is 312 g/mol. The van der Waals surface area contributed by atoms with Gasteiger partial charge in [-0.2, -0.15) is 0 Å². The van der Waals surface area contributed by atoms with Gasteiger partial charge < -0.3 is 4.74 Å². The van der Waals surface area contributed by atoms with Crippen molar-refractivity contribution in [2.75, 3.05) is 13.7 Å². The zero-order valence-electron chi connectivity index (χ0n) is 10.2. The highest BCUT2D eigenvalue weighted by molar-refractivity contribution is 8.13. The molecule has 2 aromatic heterocycles. The van der Waals surface area contributed by atoms with Gasteiger partial charge in [0.1, 0.15) is 0 Å². The van der Waals surface area contributed by atoms with Crippen molar-refractivity contribution >= 4 is 31.1 Å². The predicted molar refractivity (Wildman–Crippen MR) is 70.8 cm³/mol. The Labute approximate surface area is 118 Å². The molecule has 0 bridgehead atoms. The molecule has 0 aromatic carbocycles. The molecule has 0 atom stereocenters. The molecule has 0 aliphatic rings. The van der Waals surface area contributed by atoms with Gasteiger partial charge in [0.2, 0.25) is 0 Å². The van der Waals surface area contributed by atoms with Gasteiger partial charge in [-0.1, -0.05) is 0 Å². The van der Waals surface area contributed by atoms with Gasteiger partial charge in [0, 0.05) is 17.8 Å². The first kappa shape index (κ1) is 14.4. The van der Waals surface area contributed by atoms with Crippen molar-refractivity contribution in [1.29, 1.82) is 0 Å². The molecule has 10 heteroatoms. The molecule has 2 heterocycles. The standard InChI is InChI=1S/C9H11ClN4O3S2/c1-6-7(18-5-11-6)8-12-13-9(19(10,15)16)14(8)3-4-17-2/h5H,3-4H2,1-2H3. The summed E-state index contributed by atoms with van der Waals surface area (Å²) in [7, 11) is 2.92. The Balaban J connectivity index is 2.56. The molecule has 0 spiro atoms. The SMILES string of the molecule is COCCn1c(-c2scnc2C)nnc1S(=O)(=O)Cl. The molecule has 2 aromatic rings. The van der Waals surface area contributed by atoms with E-state index in [1.54, 1.807) is 5.51 Å². The summed E-state index contributed by atoms with van der Waals surface area (Å²) in [6.07, 6.45) is 0. The van der Waals surface area contributed by atoms with E-state index in [0.29, 0.717) is 12.4 Å². The second kappa shape index (κ2) is 5.53. The molecule has 0 N–H and O–H groups in total. The van der Waals surface area contributed by atoms with Crippen LogP contribution in [0.5, 0.6) is 0 Å². The lowest BCUT2D eigenvalue weighted by atomic mass is 10.4. The van der Waals surface area contributed by atoms with Gasteiger partial charge in [0.25, 0.3) is 14.2 Å². The van der Waals surface area contributed by atoms with E-state index < -0.39 is 9.05 Å². The maximum atomic E-state index is 11.5. The summed E-state index contributed by atoms with van der Waals surface area (Å²) in [6, 6.07) is 0. The maximum Gasteiger partial charge on any atom is 0.296 e. The van der Waals surface area contributed by atoms with E-state index in [1.807, 2.05) is 6.92 Å². The Morgan fingerprint density at radius 2 is 2.21 bits per heavy atom. The van der Waals surface area contributed by atoms with Crippen molar-refractivity contribution in [3.63, 3.8) is 0 Å². The number of halogens is 1. The van der Waals surface area contributed by atoms with Crippen LogP contribution in [0.15, 0.2) is 10.7 Å². The first-order valence-electron chi connectivity index (χ1n) is 5.22. The number of methoxy groups -OCH3 is 1. The van der Waals surface area contributed by atoms with Crippen LogP contribution in [0.1, 0.15) is 5.69 Å². The Morgan fingerprint density at radius 3 is 2.74 bits per heavy atom. The highest BCUT2D eigenvalue weighted by atomic mass is 35.7. The van der Waals surface area contributed by atoms with Gasteiger partial charge in [-0.25, -0.2) is 13.4 Å². The fourth-order valence-electron chi connectivity index (χ4n) is 1.54. The number of rotatable bonds is 5. The van der Waals surface area contributed by atoms with Crippen LogP contribution >= 0.6 is 22.0 Å². The highest BCUT2D eigenvalue weighted by Crippen LogP contribution is 2.28. The smallest absolute Gasteiger partial charge is 0.296 e. The van der Waals surface area contributed by atoms with Crippen LogP contribution in [0.4, 0.5) is 0 Å². The monoisotopic (exact) mass is 322 g/mol. The second-order valence-electron chi connectivity index (χ2n) is 3.66. The van der Waals surface area contributed by atoms with Gasteiger partial charge >= 0.3 is 0 Å². The van der Waals surface area contributed by atoms with E-state index in [4.69, 9.17) is 15.4 Å². The minimum Gasteiger partial charge on any atom is -0.383 e. The van der Waals surface area contributed by atoms with Crippen LogP contribution in [-0.4, -0.2) is 41.9 Å². The third kappa shape index (κ3) is 2.94. The Morgan fingerprint density at radius 1 is 1.47 bits per heavy atom. The molecule has 0 radical (unpaired) electrons. The van der Waals surface area contributed by atoms with Crippen molar-refractivity contribution in [3.8, 4) is 10.7 Å². The number of hydrogen-bond donors (Lipinski definition) is 0. The normalized spacial score (nSPS) is 11.9. The zero-order valence-corrected chi connectivity index (χ0v) is 12.6. The van der Waals surface area contributed by atoms with Crippen molar-refractivity contribution in [1.82, 2.24) is 19.7 Å². The third-order valence-electron chi connectivity index (χ3n) is 2.40. The fraction of sp³-hybridized carbons (Fsp3) is 0.444. The maximum absolute atomic E-state index is 11.5. The molecule has 7 nitrogen and oxygen atoms in total. The average Bonchev–Trinajstić information content (AvgIpc) is 2.90. The van der Waals surface area contributed by atoms with E-state index >= 15 is 0 Å². The number of thiazole rings is 1. The van der Waals surface area contributed by atoms with Crippen LogP contribution in [-0.2, 0) is 20.3 Å². The Hall–Kier alpha value is -1.03. The van der Waals surface area contributed by atoms with Gasteiger partial charge in [0.15, 0.2) is 5.82 Å². The van der Waals surface area contributed by atoms with E-state index in [2.05, 4.69) is 15.2 Å². The summed E-state index contributed by atoms with van der Waals surface area (Å²) in [6.45, 7) is 2.43. The quantitative estimate of drug-likeness (QED) is 0.771. The summed E-state index contributed by atoms with van der Waals surface area (Å²) in [5, 5.41) is 7.27. The van der Waals surface area contributed by atoms with E-state index in [-0.39, 0.29) is 11.7 Å². The van der Waals surface area contributed by atoms with Gasteiger partial charge in [-0.05, 0) is 6.92 Å². The van der Waals surface area contributed by atoms with Gasteiger partial charge in [-0.3, -0.25) is 4.57 Å². The predicted octanol–water partition coefficient (Wildman–Crippen LogP) is 1.28. The molecule has 0 aliphatic heterocycles. The summed E-state index contributed by atoms with van der Waals surface area (Å²) < 4.78 is 29.3. The lowest BCUT2D eigenvalue weighted by molar-refractivity contribution is 0.185. The largest absolute Gasteiger partial charge is 0.383 e. The summed E-state index contributed by atoms with van der Waals surface area (Å²) in [5.74, 6) is 0.427. The minimum absolute atomic E-state index is 0.283. The van der Waals surface area contributed by atoms with Crippen LogP contribution in [0, 0.1) is 6.92 Å². The van der Waals surface area contributed by atoms with E-state index in [1.165, 1.54) is 23.0 Å². The molecule has 0 saturated carbocycles. The van der Waals surface area contributed by atoms with E-state index in [9.17, 15) is 8.42 Å². The Bertz CT molecular complexity index is 679. The first-order chi connectivity index (χ1) is 8.95. The number of aryl methyl sites for hydroxylation is 1. The van der Waals surface area contributed by atoms with Crippen molar-refractivity contribution < 1.29 is 13.2 Å². The molecular formula is C9H11ClN4O3S2. The molecule has 0 fully saturated rings. The van der Waals surface area contributed by atoms with Crippen molar-refractivity contribution in [2.24, 2.45) is 0 Å². The topological polar surface area (TPSA) is 87.0 Å². The number of nitrogens with zero attached hydrogens (tertiary/aromatic N) is 4. The van der Waals surface area contributed by atoms with Gasteiger partial charge in [-0.15, -0.1) is 21.5 Å². The van der Waals surface area contributed by atoms with Crippen molar-refractivity contribution in [3.05, 3.63) is 11.2 Å². The molecule has 0 saturated heterocycles. The lowest BCUT2D eigenvalue weighted by Crippen LogP contribution is -2.11. The van der Waals surface area contributed by atoms with E-state index in [0.717, 1.165) is 10.6 Å². The zero-order chi connectivity index (χ0) is 14.0. The fourth-order valence-corrected chi connectivity index (χ4v) is 3.26. The molecule has 104 valence electrons. The lowest BCUT2D eigenvalue weighted by Gasteiger charge is -2.07. The Kier molecular flexibility index (Phi) is 4.19. The van der Waals surface area contributed by atoms with Crippen LogP contribution in [0.2, 0.25) is 0 Å². The molecule has 2 rings (SSSR count). The van der Waals surface area contributed by atoms with Gasteiger partial charge in [0.05, 0.1) is 29.2 Å². The second-order valence-corrected chi connectivity index (χ2v) is 6.97. The van der Waals surface area contributed by atoms with Crippen LogP contribution < -0.4 is 0 Å². The number of aromatic nitrogens is 4. The molecule has 0 aliphatic carbocycles. The molecule has 0 amide bonds. The third-order valence-corrected chi connectivity index (χ3v) is 4.48. The van der Waals surface area contributed by atoms with Crippen LogP contribution in [0.3, 0.4) is 0 Å². The summed E-state index contributed by atoms with van der Waals surface area (Å²) in [4.78, 5) is 4.87. The van der Waals surface area contributed by atoms with Crippen LogP contribution in [0.25, 0.3) is 10.7 Å².